The molecule has 0 aliphatic carbocycles. The molecule has 0 heterocycles. The van der Waals surface area contributed by atoms with Gasteiger partial charge in [0.05, 0.1) is 10.0 Å². The lowest BCUT2D eigenvalue weighted by Gasteiger charge is -2.17. The summed E-state index contributed by atoms with van der Waals surface area (Å²) in [6.07, 6.45) is 0. The van der Waals surface area contributed by atoms with Crippen LogP contribution >= 0.6 is 23.2 Å². The average molecular weight is 302 g/mol. The Bertz CT molecular complexity index is 582. The third-order valence-corrected chi connectivity index (χ3v) is 3.51. The van der Waals surface area contributed by atoms with Crippen molar-refractivity contribution < 1.29 is 8.78 Å². The van der Waals surface area contributed by atoms with Crippen molar-refractivity contribution in [2.24, 2.45) is 0 Å². The van der Waals surface area contributed by atoms with Gasteiger partial charge in [-0.05, 0) is 36.8 Å². The first-order valence-electron chi connectivity index (χ1n) is 5.64. The number of rotatable bonds is 3. The van der Waals surface area contributed by atoms with E-state index in [2.05, 4.69) is 5.32 Å². The van der Waals surface area contributed by atoms with Gasteiger partial charge in [0.2, 0.25) is 0 Å². The summed E-state index contributed by atoms with van der Waals surface area (Å²) in [5, 5.41) is 3.63. The number of benzene rings is 2. The molecule has 1 nitrogen and oxygen atoms in total. The number of anilines is 1. The number of hydrogen-bond acceptors (Lipinski definition) is 1. The maximum Gasteiger partial charge on any atom is 0.149 e. The highest BCUT2D eigenvalue weighted by Gasteiger charge is 2.13. The molecule has 2 rings (SSSR count). The van der Waals surface area contributed by atoms with Crippen LogP contribution in [0, 0.1) is 11.6 Å². The largest absolute Gasteiger partial charge is 0.374 e. The zero-order valence-corrected chi connectivity index (χ0v) is 11.6. The molecule has 2 aromatic carbocycles. The molecule has 0 saturated heterocycles. The highest BCUT2D eigenvalue weighted by molar-refractivity contribution is 6.42. The van der Waals surface area contributed by atoms with E-state index in [1.54, 1.807) is 25.1 Å². The van der Waals surface area contributed by atoms with Crippen molar-refractivity contribution in [3.05, 3.63) is 63.6 Å². The van der Waals surface area contributed by atoms with E-state index in [1.807, 2.05) is 0 Å². The second-order valence-corrected chi connectivity index (χ2v) is 4.95. The van der Waals surface area contributed by atoms with Gasteiger partial charge in [0.25, 0.3) is 0 Å². The fourth-order valence-electron chi connectivity index (χ4n) is 1.72. The van der Waals surface area contributed by atoms with E-state index in [9.17, 15) is 8.78 Å². The van der Waals surface area contributed by atoms with Crippen LogP contribution in [0.2, 0.25) is 10.0 Å². The van der Waals surface area contributed by atoms with Gasteiger partial charge in [-0.25, -0.2) is 8.78 Å². The molecule has 0 fully saturated rings. The molecule has 0 radical (unpaired) electrons. The SMILES string of the molecule is CC(Nc1c(F)cccc1F)c1ccc(Cl)c(Cl)c1. The second kappa shape index (κ2) is 5.76. The third kappa shape index (κ3) is 3.17. The zero-order valence-electron chi connectivity index (χ0n) is 10.1. The summed E-state index contributed by atoms with van der Waals surface area (Å²) in [4.78, 5) is 0. The standard InChI is InChI=1S/C14H11Cl2F2N/c1-8(9-5-6-10(15)11(16)7-9)19-14-12(17)3-2-4-13(14)18/h2-8,19H,1H3. The summed E-state index contributed by atoms with van der Waals surface area (Å²) in [6.45, 7) is 1.78. The maximum absolute atomic E-state index is 13.5. The normalized spacial score (nSPS) is 12.3. The monoisotopic (exact) mass is 301 g/mol. The Morgan fingerprint density at radius 2 is 1.63 bits per heavy atom. The van der Waals surface area contributed by atoms with Crippen molar-refractivity contribution in [2.75, 3.05) is 5.32 Å². The predicted molar refractivity (Wildman–Crippen MR) is 74.9 cm³/mol. The van der Waals surface area contributed by atoms with Gasteiger partial charge in [-0.1, -0.05) is 35.3 Å². The molecule has 19 heavy (non-hydrogen) atoms. The molecule has 1 unspecified atom stereocenters. The molecule has 0 aromatic heterocycles. The van der Waals surface area contributed by atoms with Gasteiger partial charge in [-0.3, -0.25) is 0 Å². The van der Waals surface area contributed by atoms with Crippen LogP contribution in [-0.4, -0.2) is 0 Å². The molecule has 1 atom stereocenters. The van der Waals surface area contributed by atoms with E-state index in [1.165, 1.54) is 18.2 Å². The zero-order chi connectivity index (χ0) is 14.0. The van der Waals surface area contributed by atoms with Crippen LogP contribution < -0.4 is 5.32 Å². The smallest absolute Gasteiger partial charge is 0.149 e. The van der Waals surface area contributed by atoms with E-state index < -0.39 is 11.6 Å². The molecule has 0 spiro atoms. The summed E-state index contributed by atoms with van der Waals surface area (Å²) in [6, 6.07) is 8.49. The number of halogens is 4. The van der Waals surface area contributed by atoms with Crippen molar-refractivity contribution in [3.63, 3.8) is 0 Å². The van der Waals surface area contributed by atoms with Crippen molar-refractivity contribution in [3.8, 4) is 0 Å². The molecule has 5 heteroatoms. The first kappa shape index (κ1) is 14.1. The minimum Gasteiger partial charge on any atom is -0.374 e. The van der Waals surface area contributed by atoms with Crippen molar-refractivity contribution in [2.45, 2.75) is 13.0 Å². The van der Waals surface area contributed by atoms with Gasteiger partial charge >= 0.3 is 0 Å². The molecule has 0 saturated carbocycles. The predicted octanol–water partition coefficient (Wildman–Crippen LogP) is 5.44. The number of para-hydroxylation sites is 1. The molecule has 2 aromatic rings. The van der Waals surface area contributed by atoms with E-state index in [0.717, 1.165) is 5.56 Å². The summed E-state index contributed by atoms with van der Waals surface area (Å²) in [7, 11) is 0. The Morgan fingerprint density at radius 3 is 2.21 bits per heavy atom. The summed E-state index contributed by atoms with van der Waals surface area (Å²) >= 11 is 11.7. The van der Waals surface area contributed by atoms with Gasteiger partial charge in [0, 0.05) is 6.04 Å². The Morgan fingerprint density at radius 1 is 1.00 bits per heavy atom. The summed E-state index contributed by atoms with van der Waals surface area (Å²) < 4.78 is 27.0. The molecular formula is C14H11Cl2F2N. The van der Waals surface area contributed by atoms with Crippen LogP contribution in [0.25, 0.3) is 0 Å². The number of hydrogen-bond donors (Lipinski definition) is 1. The topological polar surface area (TPSA) is 12.0 Å². The van der Waals surface area contributed by atoms with Crippen LogP contribution in [0.5, 0.6) is 0 Å². The lowest BCUT2D eigenvalue weighted by atomic mass is 10.1. The minimum atomic E-state index is -0.632. The van der Waals surface area contributed by atoms with Crippen molar-refractivity contribution >= 4 is 28.9 Å². The van der Waals surface area contributed by atoms with E-state index in [-0.39, 0.29) is 11.7 Å². The van der Waals surface area contributed by atoms with E-state index in [0.29, 0.717) is 10.0 Å². The lowest BCUT2D eigenvalue weighted by Crippen LogP contribution is -2.09. The van der Waals surface area contributed by atoms with Crippen LogP contribution in [0.4, 0.5) is 14.5 Å². The Hall–Kier alpha value is -1.32. The molecule has 0 aliphatic heterocycles. The van der Waals surface area contributed by atoms with Crippen molar-refractivity contribution in [1.82, 2.24) is 0 Å². The van der Waals surface area contributed by atoms with Gasteiger partial charge < -0.3 is 5.32 Å². The van der Waals surface area contributed by atoms with Gasteiger partial charge in [-0.15, -0.1) is 0 Å². The molecular weight excluding hydrogens is 291 g/mol. The van der Waals surface area contributed by atoms with Crippen LogP contribution in [0.1, 0.15) is 18.5 Å². The molecule has 1 N–H and O–H groups in total. The highest BCUT2D eigenvalue weighted by Crippen LogP contribution is 2.28. The van der Waals surface area contributed by atoms with E-state index >= 15 is 0 Å². The Kier molecular flexibility index (Phi) is 4.27. The van der Waals surface area contributed by atoms with Crippen LogP contribution in [0.3, 0.4) is 0 Å². The fraction of sp³-hybridized carbons (Fsp3) is 0.143. The summed E-state index contributed by atoms with van der Waals surface area (Å²) in [5.74, 6) is -1.26. The lowest BCUT2D eigenvalue weighted by molar-refractivity contribution is 0.584. The fourth-order valence-corrected chi connectivity index (χ4v) is 2.02. The Labute approximate surface area is 120 Å². The first-order valence-corrected chi connectivity index (χ1v) is 6.40. The number of nitrogens with one attached hydrogen (secondary N) is 1. The van der Waals surface area contributed by atoms with E-state index in [4.69, 9.17) is 23.2 Å². The summed E-state index contributed by atoms with van der Waals surface area (Å²) in [5.41, 5.74) is 0.637. The van der Waals surface area contributed by atoms with Crippen LogP contribution in [-0.2, 0) is 0 Å². The quantitative estimate of drug-likeness (QED) is 0.795. The van der Waals surface area contributed by atoms with Crippen molar-refractivity contribution in [1.29, 1.82) is 0 Å². The molecule has 0 amide bonds. The Balaban J connectivity index is 2.25. The average Bonchev–Trinajstić information content (AvgIpc) is 2.37. The van der Waals surface area contributed by atoms with Gasteiger partial charge in [0.15, 0.2) is 0 Å². The second-order valence-electron chi connectivity index (χ2n) is 4.14. The molecule has 100 valence electrons. The van der Waals surface area contributed by atoms with Gasteiger partial charge in [0.1, 0.15) is 17.3 Å². The third-order valence-electron chi connectivity index (χ3n) is 2.77. The first-order chi connectivity index (χ1) is 8.99. The maximum atomic E-state index is 13.5. The van der Waals surface area contributed by atoms with Gasteiger partial charge in [-0.2, -0.15) is 0 Å². The molecule has 0 aliphatic rings. The minimum absolute atomic E-state index is 0.152. The molecule has 0 bridgehead atoms. The highest BCUT2D eigenvalue weighted by atomic mass is 35.5. The van der Waals surface area contributed by atoms with Crippen LogP contribution in [0.15, 0.2) is 36.4 Å².